The molecule has 1 fully saturated rings. The van der Waals surface area contributed by atoms with E-state index in [0.29, 0.717) is 18.7 Å². The molecule has 1 amide bonds. The predicted molar refractivity (Wildman–Crippen MR) is 105 cm³/mol. The lowest BCUT2D eigenvalue weighted by molar-refractivity contribution is -0.125. The van der Waals surface area contributed by atoms with Crippen LogP contribution in [0.15, 0.2) is 36.9 Å². The summed E-state index contributed by atoms with van der Waals surface area (Å²) in [6.45, 7) is 2.15. The number of hydrogen-bond donors (Lipinski definition) is 2. The van der Waals surface area contributed by atoms with Gasteiger partial charge in [0.15, 0.2) is 11.5 Å². The van der Waals surface area contributed by atoms with Crippen LogP contribution < -0.4 is 10.2 Å². The van der Waals surface area contributed by atoms with Crippen LogP contribution in [0, 0.1) is 5.92 Å². The van der Waals surface area contributed by atoms with Gasteiger partial charge in [-0.25, -0.2) is 15.0 Å². The molecule has 140 valence electrons. The molecule has 7 nitrogen and oxygen atoms in total. The van der Waals surface area contributed by atoms with Crippen molar-refractivity contribution in [2.45, 2.75) is 19.3 Å². The van der Waals surface area contributed by atoms with Crippen molar-refractivity contribution in [2.75, 3.05) is 24.5 Å². The van der Waals surface area contributed by atoms with Gasteiger partial charge in [0.2, 0.25) is 5.91 Å². The van der Waals surface area contributed by atoms with E-state index in [1.165, 1.54) is 6.33 Å². The van der Waals surface area contributed by atoms with Crippen LogP contribution in [0.25, 0.3) is 11.2 Å². The van der Waals surface area contributed by atoms with E-state index in [1.807, 2.05) is 24.3 Å². The van der Waals surface area contributed by atoms with Gasteiger partial charge in [0.25, 0.3) is 0 Å². The second kappa shape index (κ2) is 7.92. The number of nitrogens with zero attached hydrogens (tertiary/aromatic N) is 4. The lowest BCUT2D eigenvalue weighted by Crippen LogP contribution is -2.43. The normalized spacial score (nSPS) is 17.2. The summed E-state index contributed by atoms with van der Waals surface area (Å²) in [7, 11) is 0. The third-order valence-corrected chi connectivity index (χ3v) is 5.17. The van der Waals surface area contributed by atoms with E-state index in [4.69, 9.17) is 11.6 Å². The topological polar surface area (TPSA) is 86.8 Å². The zero-order chi connectivity index (χ0) is 18.6. The molecule has 0 spiro atoms. The van der Waals surface area contributed by atoms with Crippen LogP contribution in [0.2, 0.25) is 5.02 Å². The molecule has 0 unspecified atom stereocenters. The summed E-state index contributed by atoms with van der Waals surface area (Å²) >= 11 is 5.90. The molecule has 0 saturated carbocycles. The Balaban J connectivity index is 1.35. The Morgan fingerprint density at radius 1 is 1.26 bits per heavy atom. The monoisotopic (exact) mass is 384 g/mol. The second-order valence-corrected chi connectivity index (χ2v) is 7.19. The summed E-state index contributed by atoms with van der Waals surface area (Å²) in [6, 6.07) is 7.72. The number of hydrogen-bond acceptors (Lipinski definition) is 5. The molecule has 1 aliphatic heterocycles. The fraction of sp³-hybridized carbons (Fsp3) is 0.368. The van der Waals surface area contributed by atoms with E-state index in [1.54, 1.807) is 6.33 Å². The van der Waals surface area contributed by atoms with Gasteiger partial charge < -0.3 is 15.2 Å². The van der Waals surface area contributed by atoms with Gasteiger partial charge in [0.1, 0.15) is 11.8 Å². The first-order valence-electron chi connectivity index (χ1n) is 9.12. The molecule has 1 saturated heterocycles. The molecule has 8 heteroatoms. The number of halogens is 1. The van der Waals surface area contributed by atoms with Gasteiger partial charge in [-0.15, -0.1) is 0 Å². The zero-order valence-electron chi connectivity index (χ0n) is 14.9. The number of carbonyl (C=O) groups is 1. The molecule has 2 aromatic heterocycles. The van der Waals surface area contributed by atoms with Gasteiger partial charge in [-0.3, -0.25) is 4.79 Å². The molecule has 3 aromatic rings. The molecule has 1 atom stereocenters. The lowest BCUT2D eigenvalue weighted by Gasteiger charge is -2.32. The molecule has 1 aliphatic rings. The molecule has 0 radical (unpaired) electrons. The standard InChI is InChI=1S/C19H21ClN6O/c20-15-5-3-13(4-6-15)7-8-21-19(27)14-2-1-9-26(10-14)18-16-17(23-11-22-16)24-12-25-18/h3-6,11-12,14H,1-2,7-10H2,(H,21,27)(H,22,23,24,25)/t14-/m1/s1. The minimum Gasteiger partial charge on any atom is -0.355 e. The Labute approximate surface area is 162 Å². The Kier molecular flexibility index (Phi) is 5.20. The van der Waals surface area contributed by atoms with E-state index in [9.17, 15) is 4.79 Å². The van der Waals surface area contributed by atoms with Gasteiger partial charge in [-0.05, 0) is 37.0 Å². The SMILES string of the molecule is O=C(NCCc1ccc(Cl)cc1)[C@@H]1CCCN(c2ncnc3nc[nH]c23)C1. The van der Waals surface area contributed by atoms with Crippen LogP contribution in [-0.4, -0.2) is 45.5 Å². The van der Waals surface area contributed by atoms with E-state index in [2.05, 4.69) is 30.2 Å². The molecule has 0 bridgehead atoms. The molecule has 27 heavy (non-hydrogen) atoms. The molecule has 0 aliphatic carbocycles. The largest absolute Gasteiger partial charge is 0.355 e. The number of aromatic nitrogens is 4. The highest BCUT2D eigenvalue weighted by Crippen LogP contribution is 2.25. The molecule has 2 N–H and O–H groups in total. The minimum atomic E-state index is -0.0445. The number of H-pyrrole nitrogens is 1. The molecular formula is C19H21ClN6O. The number of aromatic amines is 1. The molecular weight excluding hydrogens is 364 g/mol. The van der Waals surface area contributed by atoms with E-state index < -0.39 is 0 Å². The summed E-state index contributed by atoms with van der Waals surface area (Å²) in [6.07, 6.45) is 5.78. The van der Waals surface area contributed by atoms with Crippen molar-refractivity contribution in [1.29, 1.82) is 0 Å². The van der Waals surface area contributed by atoms with Crippen molar-refractivity contribution < 1.29 is 4.79 Å². The maximum atomic E-state index is 12.6. The summed E-state index contributed by atoms with van der Waals surface area (Å²) in [5, 5.41) is 3.79. The highest BCUT2D eigenvalue weighted by atomic mass is 35.5. The third-order valence-electron chi connectivity index (χ3n) is 4.92. The van der Waals surface area contributed by atoms with Gasteiger partial charge >= 0.3 is 0 Å². The summed E-state index contributed by atoms with van der Waals surface area (Å²) in [4.78, 5) is 30.6. The van der Waals surface area contributed by atoms with Crippen molar-refractivity contribution >= 4 is 34.5 Å². The number of carbonyl (C=O) groups excluding carboxylic acids is 1. The van der Waals surface area contributed by atoms with E-state index in [0.717, 1.165) is 47.7 Å². The quantitative estimate of drug-likeness (QED) is 0.706. The Morgan fingerprint density at radius 2 is 2.11 bits per heavy atom. The number of rotatable bonds is 5. The van der Waals surface area contributed by atoms with Crippen molar-refractivity contribution in [3.63, 3.8) is 0 Å². The van der Waals surface area contributed by atoms with Crippen LogP contribution in [-0.2, 0) is 11.2 Å². The highest BCUT2D eigenvalue weighted by molar-refractivity contribution is 6.30. The maximum Gasteiger partial charge on any atom is 0.224 e. The second-order valence-electron chi connectivity index (χ2n) is 6.75. The van der Waals surface area contributed by atoms with Crippen LogP contribution in [0.4, 0.5) is 5.82 Å². The summed E-state index contributed by atoms with van der Waals surface area (Å²) < 4.78 is 0. The summed E-state index contributed by atoms with van der Waals surface area (Å²) in [5.74, 6) is 0.872. The first-order chi connectivity index (χ1) is 13.2. The number of piperidine rings is 1. The minimum absolute atomic E-state index is 0.0445. The van der Waals surface area contributed by atoms with Crippen LogP contribution in [0.3, 0.4) is 0 Å². The van der Waals surface area contributed by atoms with Crippen LogP contribution in [0.5, 0.6) is 0 Å². The zero-order valence-corrected chi connectivity index (χ0v) is 15.6. The average Bonchev–Trinajstić information content (AvgIpc) is 3.18. The van der Waals surface area contributed by atoms with Crippen molar-refractivity contribution in [2.24, 2.45) is 5.92 Å². The number of amides is 1. The van der Waals surface area contributed by atoms with E-state index >= 15 is 0 Å². The fourth-order valence-corrected chi connectivity index (χ4v) is 3.63. The van der Waals surface area contributed by atoms with Gasteiger partial charge in [-0.1, -0.05) is 23.7 Å². The number of anilines is 1. The van der Waals surface area contributed by atoms with Crippen LogP contribution >= 0.6 is 11.6 Å². The summed E-state index contributed by atoms with van der Waals surface area (Å²) in [5.41, 5.74) is 2.63. The smallest absolute Gasteiger partial charge is 0.224 e. The first kappa shape index (κ1) is 17.7. The average molecular weight is 385 g/mol. The number of imidazole rings is 1. The number of fused-ring (bicyclic) bond motifs is 1. The predicted octanol–water partition coefficient (Wildman–Crippen LogP) is 2.58. The fourth-order valence-electron chi connectivity index (χ4n) is 3.50. The first-order valence-corrected chi connectivity index (χ1v) is 9.49. The molecule has 4 rings (SSSR count). The van der Waals surface area contributed by atoms with Gasteiger partial charge in [0, 0.05) is 24.7 Å². The van der Waals surface area contributed by atoms with Crippen molar-refractivity contribution in [3.8, 4) is 0 Å². The molecule has 1 aromatic carbocycles. The lowest BCUT2D eigenvalue weighted by atomic mass is 9.97. The van der Waals surface area contributed by atoms with Crippen LogP contribution in [0.1, 0.15) is 18.4 Å². The Hall–Kier alpha value is -2.67. The number of nitrogens with one attached hydrogen (secondary N) is 2. The maximum absolute atomic E-state index is 12.6. The van der Waals surface area contributed by atoms with Gasteiger partial charge in [-0.2, -0.15) is 0 Å². The Morgan fingerprint density at radius 3 is 2.96 bits per heavy atom. The van der Waals surface area contributed by atoms with Gasteiger partial charge in [0.05, 0.1) is 12.2 Å². The number of benzene rings is 1. The van der Waals surface area contributed by atoms with Crippen molar-refractivity contribution in [3.05, 3.63) is 47.5 Å². The third kappa shape index (κ3) is 4.03. The van der Waals surface area contributed by atoms with E-state index in [-0.39, 0.29) is 11.8 Å². The Bertz CT molecular complexity index is 925. The highest BCUT2D eigenvalue weighted by Gasteiger charge is 2.27. The molecule has 3 heterocycles. The van der Waals surface area contributed by atoms with Crippen molar-refractivity contribution in [1.82, 2.24) is 25.3 Å².